The van der Waals surface area contributed by atoms with Gasteiger partial charge in [-0.1, -0.05) is 27.5 Å². The van der Waals surface area contributed by atoms with Crippen LogP contribution in [0.1, 0.15) is 32.1 Å². The van der Waals surface area contributed by atoms with Crippen molar-refractivity contribution in [2.75, 3.05) is 12.4 Å². The molecule has 4 rings (SSSR count). The van der Waals surface area contributed by atoms with E-state index in [4.69, 9.17) is 11.6 Å². The highest BCUT2D eigenvalue weighted by Crippen LogP contribution is 2.26. The molecule has 4 aromatic rings. The molecule has 0 fully saturated rings. The van der Waals surface area contributed by atoms with Gasteiger partial charge in [0, 0.05) is 22.1 Å². The van der Waals surface area contributed by atoms with Crippen LogP contribution in [0.15, 0.2) is 46.9 Å². The quantitative estimate of drug-likeness (QED) is 0.316. The van der Waals surface area contributed by atoms with Crippen LogP contribution in [-0.2, 0) is 13.1 Å². The molecule has 37 heavy (non-hydrogen) atoms. The van der Waals surface area contributed by atoms with Crippen molar-refractivity contribution in [3.8, 4) is 11.4 Å². The van der Waals surface area contributed by atoms with Crippen molar-refractivity contribution in [1.29, 1.82) is 0 Å². The van der Waals surface area contributed by atoms with Gasteiger partial charge in [0.05, 0.1) is 16.9 Å². The molecule has 10 nitrogen and oxygen atoms in total. The molecule has 0 bridgehead atoms. The minimum Gasteiger partial charge on any atom is -0.355 e. The SMILES string of the molecule is CNC(=O)c1cc(Cl)cc(C)c1NC(=O)c1cc(Cn2nnc(-c3ccc(Br)cc3)n2)nn1CC(F)F. The fourth-order valence-corrected chi connectivity index (χ4v) is 4.11. The van der Waals surface area contributed by atoms with Crippen molar-refractivity contribution >= 4 is 45.0 Å². The van der Waals surface area contributed by atoms with Crippen LogP contribution in [0, 0.1) is 6.92 Å². The first kappa shape index (κ1) is 26.4. The lowest BCUT2D eigenvalue weighted by atomic mass is 10.1. The highest BCUT2D eigenvalue weighted by molar-refractivity contribution is 9.10. The molecule has 0 atom stereocenters. The third-order valence-electron chi connectivity index (χ3n) is 5.24. The summed E-state index contributed by atoms with van der Waals surface area (Å²) < 4.78 is 28.3. The zero-order chi connectivity index (χ0) is 26.7. The number of amides is 2. The molecule has 192 valence electrons. The number of anilines is 1. The zero-order valence-corrected chi connectivity index (χ0v) is 21.9. The molecular formula is C23H20BrClF2N8O2. The van der Waals surface area contributed by atoms with Gasteiger partial charge in [-0.05, 0) is 60.2 Å². The second kappa shape index (κ2) is 11.1. The number of benzene rings is 2. The van der Waals surface area contributed by atoms with Crippen LogP contribution in [0.3, 0.4) is 0 Å². The number of carbonyl (C=O) groups excluding carboxylic acids is 2. The lowest BCUT2D eigenvalue weighted by Gasteiger charge is -2.14. The van der Waals surface area contributed by atoms with Gasteiger partial charge in [0.2, 0.25) is 5.82 Å². The number of rotatable bonds is 8. The van der Waals surface area contributed by atoms with Crippen molar-refractivity contribution in [2.24, 2.45) is 0 Å². The van der Waals surface area contributed by atoms with Crippen molar-refractivity contribution in [1.82, 2.24) is 35.3 Å². The molecule has 2 N–H and O–H groups in total. The van der Waals surface area contributed by atoms with E-state index in [9.17, 15) is 18.4 Å². The fourth-order valence-electron chi connectivity index (χ4n) is 3.57. The number of tetrazole rings is 1. The second-order valence-electron chi connectivity index (χ2n) is 7.92. The Labute approximate surface area is 223 Å². The van der Waals surface area contributed by atoms with Gasteiger partial charge in [0.15, 0.2) is 0 Å². The summed E-state index contributed by atoms with van der Waals surface area (Å²) in [6, 6.07) is 11.7. The zero-order valence-electron chi connectivity index (χ0n) is 19.5. The van der Waals surface area contributed by atoms with Crippen molar-refractivity contribution in [3.63, 3.8) is 0 Å². The van der Waals surface area contributed by atoms with E-state index in [-0.39, 0.29) is 29.2 Å². The molecular weight excluding hydrogens is 574 g/mol. The average molecular weight is 594 g/mol. The Hall–Kier alpha value is -3.71. The van der Waals surface area contributed by atoms with Gasteiger partial charge in [0.1, 0.15) is 18.8 Å². The lowest BCUT2D eigenvalue weighted by molar-refractivity contribution is 0.0963. The number of nitrogens with zero attached hydrogens (tertiary/aromatic N) is 6. The maximum Gasteiger partial charge on any atom is 0.273 e. The Balaban J connectivity index is 1.61. The third kappa shape index (κ3) is 6.17. The molecule has 2 aromatic carbocycles. The Bertz CT molecular complexity index is 1460. The normalized spacial score (nSPS) is 11.1. The number of carbonyl (C=O) groups is 2. The first-order chi connectivity index (χ1) is 17.6. The molecule has 0 aliphatic rings. The molecule has 14 heteroatoms. The lowest BCUT2D eigenvalue weighted by Crippen LogP contribution is -2.24. The molecule has 0 radical (unpaired) electrons. The Morgan fingerprint density at radius 3 is 2.51 bits per heavy atom. The van der Waals surface area contributed by atoms with E-state index in [0.717, 1.165) is 14.7 Å². The summed E-state index contributed by atoms with van der Waals surface area (Å²) in [6.45, 7) is 0.846. The topological polar surface area (TPSA) is 120 Å². The van der Waals surface area contributed by atoms with Crippen LogP contribution in [-0.4, -0.2) is 55.3 Å². The molecule has 2 aromatic heterocycles. The molecule has 0 saturated carbocycles. The predicted molar refractivity (Wildman–Crippen MR) is 136 cm³/mol. The maximum absolute atomic E-state index is 13.3. The largest absolute Gasteiger partial charge is 0.355 e. The Morgan fingerprint density at radius 1 is 1.11 bits per heavy atom. The summed E-state index contributed by atoms with van der Waals surface area (Å²) in [5, 5.41) is 21.9. The van der Waals surface area contributed by atoms with Crippen LogP contribution >= 0.6 is 27.5 Å². The third-order valence-corrected chi connectivity index (χ3v) is 5.99. The van der Waals surface area contributed by atoms with Gasteiger partial charge >= 0.3 is 0 Å². The highest BCUT2D eigenvalue weighted by Gasteiger charge is 2.22. The molecule has 0 aliphatic carbocycles. The summed E-state index contributed by atoms with van der Waals surface area (Å²) in [6.07, 6.45) is -2.76. The molecule has 0 saturated heterocycles. The van der Waals surface area contributed by atoms with E-state index in [2.05, 4.69) is 47.1 Å². The Morgan fingerprint density at radius 2 is 1.84 bits per heavy atom. The van der Waals surface area contributed by atoms with Gasteiger partial charge in [-0.2, -0.15) is 9.90 Å². The van der Waals surface area contributed by atoms with Crippen molar-refractivity contribution < 1.29 is 18.4 Å². The van der Waals surface area contributed by atoms with Crippen molar-refractivity contribution in [3.05, 3.63) is 74.5 Å². The molecule has 0 aliphatic heterocycles. The minimum absolute atomic E-state index is 0.0104. The van der Waals surface area contributed by atoms with Crippen molar-refractivity contribution in [2.45, 2.75) is 26.4 Å². The smallest absolute Gasteiger partial charge is 0.273 e. The van der Waals surface area contributed by atoms with E-state index >= 15 is 0 Å². The molecule has 2 amide bonds. The minimum atomic E-state index is -2.76. The van der Waals surface area contributed by atoms with Crippen LogP contribution in [0.25, 0.3) is 11.4 Å². The number of aromatic nitrogens is 6. The Kier molecular flexibility index (Phi) is 7.93. The molecule has 2 heterocycles. The van der Waals surface area contributed by atoms with E-state index < -0.39 is 24.8 Å². The fraction of sp³-hybridized carbons (Fsp3) is 0.217. The molecule has 0 unspecified atom stereocenters. The number of nitrogens with one attached hydrogen (secondary N) is 2. The summed E-state index contributed by atoms with van der Waals surface area (Å²) >= 11 is 9.44. The number of hydrogen-bond donors (Lipinski definition) is 2. The van der Waals surface area contributed by atoms with Crippen LogP contribution in [0.4, 0.5) is 14.5 Å². The van der Waals surface area contributed by atoms with Crippen LogP contribution < -0.4 is 10.6 Å². The summed E-state index contributed by atoms with van der Waals surface area (Å²) in [5.41, 5.74) is 1.74. The van der Waals surface area contributed by atoms with Crippen LogP contribution in [0.5, 0.6) is 0 Å². The number of alkyl halides is 2. The highest BCUT2D eigenvalue weighted by atomic mass is 79.9. The van der Waals surface area contributed by atoms with Gasteiger partial charge in [0.25, 0.3) is 18.2 Å². The first-order valence-electron chi connectivity index (χ1n) is 10.9. The van der Waals surface area contributed by atoms with E-state index in [0.29, 0.717) is 16.4 Å². The van der Waals surface area contributed by atoms with Gasteiger partial charge in [-0.3, -0.25) is 14.3 Å². The van der Waals surface area contributed by atoms with Gasteiger partial charge in [-0.25, -0.2) is 8.78 Å². The standard InChI is InChI=1S/C23H20BrClF2N8O2/c1-12-7-15(25)8-17(22(36)28-2)20(12)29-23(37)18-9-16(31-34(18)11-19(26)27)10-35-32-21(30-33-35)13-3-5-14(24)6-4-13/h3-9,19H,10-11H2,1-2H3,(H,28,36)(H,29,37). The number of halogens is 4. The predicted octanol–water partition coefficient (Wildman–Crippen LogP) is 4.19. The first-order valence-corrected chi connectivity index (χ1v) is 12.0. The maximum atomic E-state index is 13.3. The number of hydrogen-bond acceptors (Lipinski definition) is 6. The van der Waals surface area contributed by atoms with Crippen LogP contribution in [0.2, 0.25) is 5.02 Å². The summed E-state index contributed by atoms with van der Waals surface area (Å²) in [5.74, 6) is -0.823. The summed E-state index contributed by atoms with van der Waals surface area (Å²) in [4.78, 5) is 26.7. The van der Waals surface area contributed by atoms with Gasteiger partial charge in [-0.15, -0.1) is 10.2 Å². The summed E-state index contributed by atoms with van der Waals surface area (Å²) in [7, 11) is 1.44. The second-order valence-corrected chi connectivity index (χ2v) is 9.28. The van der Waals surface area contributed by atoms with Gasteiger partial charge < -0.3 is 10.6 Å². The van der Waals surface area contributed by atoms with E-state index in [1.54, 1.807) is 13.0 Å². The van der Waals surface area contributed by atoms with E-state index in [1.165, 1.54) is 24.0 Å². The monoisotopic (exact) mass is 592 g/mol. The molecule has 0 spiro atoms. The number of aryl methyl sites for hydroxylation is 1. The van der Waals surface area contributed by atoms with E-state index in [1.807, 2.05) is 24.3 Å². The average Bonchev–Trinajstić information content (AvgIpc) is 3.47.